The summed E-state index contributed by atoms with van der Waals surface area (Å²) in [6.45, 7) is 0. The highest BCUT2D eigenvalue weighted by atomic mass is 19.1. The summed E-state index contributed by atoms with van der Waals surface area (Å²) in [4.78, 5) is 3.96. The van der Waals surface area contributed by atoms with Crippen molar-refractivity contribution in [3.63, 3.8) is 0 Å². The van der Waals surface area contributed by atoms with E-state index in [1.54, 1.807) is 30.5 Å². The number of ether oxygens (including phenoxy) is 1. The Labute approximate surface area is 81.0 Å². The summed E-state index contributed by atoms with van der Waals surface area (Å²) < 4.78 is 18.1. The highest BCUT2D eigenvalue weighted by molar-refractivity contribution is 5.26. The average Bonchev–Trinajstić information content (AvgIpc) is 2.19. The predicted octanol–water partition coefficient (Wildman–Crippen LogP) is 3.01. The molecule has 70 valence electrons. The molecule has 0 radical (unpaired) electrons. The number of nitrogens with zero attached hydrogens (tertiary/aromatic N) is 1. The van der Waals surface area contributed by atoms with E-state index in [0.717, 1.165) is 0 Å². The van der Waals surface area contributed by atoms with Gasteiger partial charge in [0.2, 0.25) is 5.88 Å². The Morgan fingerprint density at radius 1 is 1.07 bits per heavy atom. The first kappa shape index (κ1) is 8.69. The van der Waals surface area contributed by atoms with Crippen LogP contribution in [0.1, 0.15) is 0 Å². The van der Waals surface area contributed by atoms with Gasteiger partial charge in [-0.15, -0.1) is 0 Å². The third-order valence-corrected chi connectivity index (χ3v) is 1.66. The summed E-state index contributed by atoms with van der Waals surface area (Å²) >= 11 is 0. The topological polar surface area (TPSA) is 22.1 Å². The van der Waals surface area contributed by atoms with Gasteiger partial charge in [0.25, 0.3) is 0 Å². The van der Waals surface area contributed by atoms with Gasteiger partial charge in [0, 0.05) is 18.3 Å². The number of pyridine rings is 1. The zero-order chi connectivity index (χ0) is 9.80. The smallest absolute Gasteiger partial charge is 0.219 e. The SMILES string of the molecule is Fc1cccc(Oc2ccccn2)c1. The van der Waals surface area contributed by atoms with Crippen LogP contribution < -0.4 is 4.74 Å². The molecule has 0 N–H and O–H groups in total. The molecule has 0 spiro atoms. The molecule has 2 nitrogen and oxygen atoms in total. The Bertz CT molecular complexity index is 417. The van der Waals surface area contributed by atoms with Crippen molar-refractivity contribution < 1.29 is 9.13 Å². The summed E-state index contributed by atoms with van der Waals surface area (Å²) in [6.07, 6.45) is 1.62. The molecule has 0 saturated carbocycles. The van der Waals surface area contributed by atoms with Crippen molar-refractivity contribution in [1.82, 2.24) is 4.98 Å². The Morgan fingerprint density at radius 3 is 2.71 bits per heavy atom. The van der Waals surface area contributed by atoms with Gasteiger partial charge in [0.1, 0.15) is 11.6 Å². The third-order valence-electron chi connectivity index (χ3n) is 1.66. The molecule has 0 bridgehead atoms. The van der Waals surface area contributed by atoms with Crippen LogP contribution in [0.25, 0.3) is 0 Å². The van der Waals surface area contributed by atoms with E-state index < -0.39 is 0 Å². The normalized spacial score (nSPS) is 9.79. The zero-order valence-electron chi connectivity index (χ0n) is 7.35. The van der Waals surface area contributed by atoms with E-state index in [0.29, 0.717) is 11.6 Å². The van der Waals surface area contributed by atoms with E-state index in [4.69, 9.17) is 4.74 Å². The molecule has 14 heavy (non-hydrogen) atoms. The van der Waals surface area contributed by atoms with Crippen molar-refractivity contribution >= 4 is 0 Å². The molecule has 0 saturated heterocycles. The zero-order valence-corrected chi connectivity index (χ0v) is 7.35. The lowest BCUT2D eigenvalue weighted by Gasteiger charge is -2.03. The minimum atomic E-state index is -0.321. The van der Waals surface area contributed by atoms with Crippen molar-refractivity contribution in [2.24, 2.45) is 0 Å². The number of halogens is 1. The largest absolute Gasteiger partial charge is 0.439 e. The van der Waals surface area contributed by atoms with Gasteiger partial charge in [-0.2, -0.15) is 0 Å². The van der Waals surface area contributed by atoms with Crippen molar-refractivity contribution in [2.45, 2.75) is 0 Å². The van der Waals surface area contributed by atoms with Crippen LogP contribution in [0.5, 0.6) is 11.6 Å². The van der Waals surface area contributed by atoms with Crippen LogP contribution in [0.2, 0.25) is 0 Å². The molecule has 0 aliphatic heterocycles. The lowest BCUT2D eigenvalue weighted by atomic mass is 10.3. The highest BCUT2D eigenvalue weighted by Crippen LogP contribution is 2.18. The van der Waals surface area contributed by atoms with Gasteiger partial charge in [-0.25, -0.2) is 9.37 Å². The van der Waals surface area contributed by atoms with Crippen LogP contribution >= 0.6 is 0 Å². The van der Waals surface area contributed by atoms with E-state index in [2.05, 4.69) is 4.98 Å². The molecule has 0 amide bonds. The molecule has 1 heterocycles. The molecular formula is C11H8FNO. The van der Waals surface area contributed by atoms with Crippen LogP contribution in [0, 0.1) is 5.82 Å². The van der Waals surface area contributed by atoms with E-state index in [1.807, 2.05) is 6.07 Å². The minimum Gasteiger partial charge on any atom is -0.439 e. The lowest BCUT2D eigenvalue weighted by Crippen LogP contribution is -1.86. The second-order valence-corrected chi connectivity index (χ2v) is 2.73. The molecule has 0 fully saturated rings. The van der Waals surface area contributed by atoms with Crippen LogP contribution in [0.4, 0.5) is 4.39 Å². The van der Waals surface area contributed by atoms with Gasteiger partial charge in [0.15, 0.2) is 0 Å². The van der Waals surface area contributed by atoms with E-state index in [-0.39, 0.29) is 5.82 Å². The third kappa shape index (κ3) is 2.07. The number of hydrogen-bond acceptors (Lipinski definition) is 2. The molecular weight excluding hydrogens is 181 g/mol. The average molecular weight is 189 g/mol. The summed E-state index contributed by atoms with van der Waals surface area (Å²) in [5.41, 5.74) is 0. The van der Waals surface area contributed by atoms with Gasteiger partial charge < -0.3 is 4.74 Å². The van der Waals surface area contributed by atoms with Crippen LogP contribution in [-0.2, 0) is 0 Å². The molecule has 0 unspecified atom stereocenters. The maximum atomic E-state index is 12.8. The fraction of sp³-hybridized carbons (Fsp3) is 0. The van der Waals surface area contributed by atoms with Crippen LogP contribution in [0.3, 0.4) is 0 Å². The summed E-state index contributed by atoms with van der Waals surface area (Å²) in [6, 6.07) is 11.3. The number of benzene rings is 1. The second kappa shape index (κ2) is 3.87. The van der Waals surface area contributed by atoms with Crippen molar-refractivity contribution in [3.8, 4) is 11.6 Å². The summed E-state index contributed by atoms with van der Waals surface area (Å²) in [5, 5.41) is 0. The Morgan fingerprint density at radius 2 is 2.00 bits per heavy atom. The van der Waals surface area contributed by atoms with Gasteiger partial charge in [-0.1, -0.05) is 12.1 Å². The summed E-state index contributed by atoms with van der Waals surface area (Å²) in [7, 11) is 0. The Kier molecular flexibility index (Phi) is 2.40. The van der Waals surface area contributed by atoms with Crippen LogP contribution in [-0.4, -0.2) is 4.98 Å². The number of hydrogen-bond donors (Lipinski definition) is 0. The molecule has 2 rings (SSSR count). The minimum absolute atomic E-state index is 0.321. The van der Waals surface area contributed by atoms with Gasteiger partial charge in [0.05, 0.1) is 0 Å². The van der Waals surface area contributed by atoms with E-state index >= 15 is 0 Å². The van der Waals surface area contributed by atoms with Gasteiger partial charge >= 0.3 is 0 Å². The molecule has 0 aliphatic carbocycles. The highest BCUT2D eigenvalue weighted by Gasteiger charge is 1.97. The fourth-order valence-electron chi connectivity index (χ4n) is 1.06. The first-order valence-electron chi connectivity index (χ1n) is 4.19. The van der Waals surface area contributed by atoms with Gasteiger partial charge in [-0.05, 0) is 18.2 Å². The first-order chi connectivity index (χ1) is 6.84. The van der Waals surface area contributed by atoms with Crippen molar-refractivity contribution in [3.05, 3.63) is 54.5 Å². The van der Waals surface area contributed by atoms with Crippen LogP contribution in [0.15, 0.2) is 48.7 Å². The molecule has 1 aromatic carbocycles. The van der Waals surface area contributed by atoms with Crippen molar-refractivity contribution in [2.75, 3.05) is 0 Å². The first-order valence-corrected chi connectivity index (χ1v) is 4.19. The second-order valence-electron chi connectivity index (χ2n) is 2.73. The fourth-order valence-corrected chi connectivity index (χ4v) is 1.06. The predicted molar refractivity (Wildman–Crippen MR) is 50.7 cm³/mol. The molecule has 2 aromatic rings. The number of rotatable bonds is 2. The van der Waals surface area contributed by atoms with Crippen molar-refractivity contribution in [1.29, 1.82) is 0 Å². The standard InChI is InChI=1S/C11H8FNO/c12-9-4-3-5-10(8-9)14-11-6-1-2-7-13-11/h1-8H. The lowest BCUT2D eigenvalue weighted by molar-refractivity contribution is 0.458. The maximum absolute atomic E-state index is 12.8. The molecule has 1 aromatic heterocycles. The molecule has 0 aliphatic rings. The van der Waals surface area contributed by atoms with E-state index in [9.17, 15) is 4.39 Å². The molecule has 0 atom stereocenters. The Balaban J connectivity index is 2.19. The number of aromatic nitrogens is 1. The maximum Gasteiger partial charge on any atom is 0.219 e. The quantitative estimate of drug-likeness (QED) is 0.724. The van der Waals surface area contributed by atoms with E-state index in [1.165, 1.54) is 12.1 Å². The molecule has 3 heteroatoms. The monoisotopic (exact) mass is 189 g/mol. The Hall–Kier alpha value is -1.90. The summed E-state index contributed by atoms with van der Waals surface area (Å²) in [5.74, 6) is 0.584. The van der Waals surface area contributed by atoms with Gasteiger partial charge in [-0.3, -0.25) is 0 Å².